The highest BCUT2D eigenvalue weighted by Gasteiger charge is 2.11. The molecule has 1 N–H and O–H groups in total. The maximum atomic E-state index is 12.4. The molecule has 2 rings (SSSR count). The molecule has 6 heteroatoms. The van der Waals surface area contributed by atoms with Gasteiger partial charge in [-0.05, 0) is 19.1 Å². The number of nitrogens with one attached hydrogen (secondary N) is 1. The predicted octanol–water partition coefficient (Wildman–Crippen LogP) is 1.66. The van der Waals surface area contributed by atoms with E-state index >= 15 is 0 Å². The van der Waals surface area contributed by atoms with Crippen LogP contribution in [0.2, 0.25) is 0 Å². The Morgan fingerprint density at radius 2 is 2.15 bits per heavy atom. The molecule has 1 aromatic heterocycles. The molecule has 1 heterocycles. The van der Waals surface area contributed by atoms with E-state index < -0.39 is 0 Å². The van der Waals surface area contributed by atoms with Crippen LogP contribution in [0.1, 0.15) is 19.2 Å². The zero-order valence-electron chi connectivity index (χ0n) is 11.2. The summed E-state index contributed by atoms with van der Waals surface area (Å²) in [5, 5.41) is 3.24. The molecule has 0 saturated carbocycles. The SMILES string of the molecule is CCNC(=O)CCn1c(CCl)nc2ccccc2c1=O. The Morgan fingerprint density at radius 3 is 2.85 bits per heavy atom. The van der Waals surface area contributed by atoms with Gasteiger partial charge in [0.05, 0.1) is 16.8 Å². The molecule has 0 aliphatic rings. The number of carbonyl (C=O) groups is 1. The lowest BCUT2D eigenvalue weighted by molar-refractivity contribution is -0.121. The summed E-state index contributed by atoms with van der Waals surface area (Å²) in [6.07, 6.45) is 0.234. The lowest BCUT2D eigenvalue weighted by atomic mass is 10.2. The number of para-hydroxylation sites is 1. The summed E-state index contributed by atoms with van der Waals surface area (Å²) in [4.78, 5) is 28.3. The fraction of sp³-hybridized carbons (Fsp3) is 0.357. The van der Waals surface area contributed by atoms with Crippen LogP contribution < -0.4 is 10.9 Å². The molecule has 5 nitrogen and oxygen atoms in total. The number of nitrogens with zero attached hydrogens (tertiary/aromatic N) is 2. The Morgan fingerprint density at radius 1 is 1.40 bits per heavy atom. The zero-order chi connectivity index (χ0) is 14.5. The largest absolute Gasteiger partial charge is 0.356 e. The Bertz CT molecular complexity index is 682. The Kier molecular flexibility index (Phi) is 4.74. The van der Waals surface area contributed by atoms with Gasteiger partial charge in [-0.15, -0.1) is 11.6 Å². The minimum Gasteiger partial charge on any atom is -0.356 e. The molecule has 1 aromatic carbocycles. The number of hydrogen-bond donors (Lipinski definition) is 1. The Labute approximate surface area is 121 Å². The van der Waals surface area contributed by atoms with Crippen LogP contribution in [0, 0.1) is 0 Å². The Balaban J connectivity index is 2.38. The molecule has 1 amide bonds. The van der Waals surface area contributed by atoms with Crippen LogP contribution >= 0.6 is 11.6 Å². The highest BCUT2D eigenvalue weighted by Crippen LogP contribution is 2.09. The average Bonchev–Trinajstić information content (AvgIpc) is 2.46. The number of alkyl halides is 1. The summed E-state index contributed by atoms with van der Waals surface area (Å²) in [6.45, 7) is 2.71. The van der Waals surface area contributed by atoms with E-state index in [2.05, 4.69) is 10.3 Å². The van der Waals surface area contributed by atoms with Gasteiger partial charge in [0.1, 0.15) is 5.82 Å². The van der Waals surface area contributed by atoms with Crippen molar-refractivity contribution in [3.63, 3.8) is 0 Å². The van der Waals surface area contributed by atoms with E-state index in [0.717, 1.165) is 0 Å². The van der Waals surface area contributed by atoms with Gasteiger partial charge in [-0.25, -0.2) is 4.98 Å². The lowest BCUT2D eigenvalue weighted by Gasteiger charge is -2.11. The topological polar surface area (TPSA) is 64.0 Å². The number of carbonyl (C=O) groups excluding carboxylic acids is 1. The third-order valence-corrected chi connectivity index (χ3v) is 3.24. The van der Waals surface area contributed by atoms with E-state index in [0.29, 0.717) is 23.3 Å². The molecule has 0 aliphatic carbocycles. The molecule has 0 bridgehead atoms. The number of benzene rings is 1. The number of hydrogen-bond acceptors (Lipinski definition) is 3. The number of amides is 1. The minimum atomic E-state index is -0.157. The summed E-state index contributed by atoms with van der Waals surface area (Å²) < 4.78 is 1.48. The van der Waals surface area contributed by atoms with Crippen molar-refractivity contribution < 1.29 is 4.79 Å². The van der Waals surface area contributed by atoms with Gasteiger partial charge in [-0.2, -0.15) is 0 Å². The fourth-order valence-corrected chi connectivity index (χ4v) is 2.25. The number of fused-ring (bicyclic) bond motifs is 1. The van der Waals surface area contributed by atoms with E-state index in [9.17, 15) is 9.59 Å². The monoisotopic (exact) mass is 293 g/mol. The molecule has 20 heavy (non-hydrogen) atoms. The molecule has 106 valence electrons. The van der Waals surface area contributed by atoms with Crippen LogP contribution in [0.15, 0.2) is 29.1 Å². The zero-order valence-corrected chi connectivity index (χ0v) is 12.0. The number of rotatable bonds is 5. The van der Waals surface area contributed by atoms with Crippen LogP contribution in [0.5, 0.6) is 0 Å². The van der Waals surface area contributed by atoms with Crippen LogP contribution in [0.4, 0.5) is 0 Å². The molecule has 2 aromatic rings. The fourth-order valence-electron chi connectivity index (χ4n) is 2.05. The van der Waals surface area contributed by atoms with Gasteiger partial charge in [0, 0.05) is 19.5 Å². The van der Waals surface area contributed by atoms with Crippen LogP contribution in [0.25, 0.3) is 10.9 Å². The second-order valence-electron chi connectivity index (χ2n) is 4.34. The van der Waals surface area contributed by atoms with E-state index in [-0.39, 0.29) is 30.3 Å². The molecule has 0 atom stereocenters. The van der Waals surface area contributed by atoms with Crippen molar-refractivity contribution in [1.29, 1.82) is 0 Å². The Hall–Kier alpha value is -1.88. The average molecular weight is 294 g/mol. The van der Waals surface area contributed by atoms with Crippen molar-refractivity contribution in [2.45, 2.75) is 25.8 Å². The predicted molar refractivity (Wildman–Crippen MR) is 78.9 cm³/mol. The van der Waals surface area contributed by atoms with Gasteiger partial charge in [0.25, 0.3) is 5.56 Å². The van der Waals surface area contributed by atoms with Gasteiger partial charge in [-0.1, -0.05) is 12.1 Å². The first-order chi connectivity index (χ1) is 9.67. The van der Waals surface area contributed by atoms with Gasteiger partial charge in [0.15, 0.2) is 0 Å². The third-order valence-electron chi connectivity index (χ3n) is 3.00. The smallest absolute Gasteiger partial charge is 0.261 e. The highest BCUT2D eigenvalue weighted by molar-refractivity contribution is 6.16. The normalized spacial score (nSPS) is 10.7. The summed E-state index contributed by atoms with van der Waals surface area (Å²) in [5.74, 6) is 0.530. The minimum absolute atomic E-state index is 0.0897. The van der Waals surface area contributed by atoms with E-state index in [4.69, 9.17) is 11.6 Å². The van der Waals surface area contributed by atoms with Crippen LogP contribution in [0.3, 0.4) is 0 Å². The first-order valence-electron chi connectivity index (χ1n) is 6.48. The number of aromatic nitrogens is 2. The van der Waals surface area contributed by atoms with E-state index in [1.165, 1.54) is 4.57 Å². The molecular formula is C14H16ClN3O2. The standard InChI is InChI=1S/C14H16ClN3O2/c1-2-16-13(19)7-8-18-12(9-15)17-11-6-4-3-5-10(11)14(18)20/h3-6H,2,7-9H2,1H3,(H,16,19). The number of halogens is 1. The van der Waals surface area contributed by atoms with Gasteiger partial charge in [-0.3, -0.25) is 14.2 Å². The molecule has 0 unspecified atom stereocenters. The summed E-state index contributed by atoms with van der Waals surface area (Å²) in [7, 11) is 0. The summed E-state index contributed by atoms with van der Waals surface area (Å²) in [5.41, 5.74) is 0.470. The maximum Gasteiger partial charge on any atom is 0.261 e. The van der Waals surface area contributed by atoms with Crippen molar-refractivity contribution in [2.75, 3.05) is 6.54 Å². The second-order valence-corrected chi connectivity index (χ2v) is 4.61. The van der Waals surface area contributed by atoms with Crippen molar-refractivity contribution in [3.05, 3.63) is 40.4 Å². The third kappa shape index (κ3) is 2.99. The summed E-state index contributed by atoms with van der Waals surface area (Å²) >= 11 is 5.86. The van der Waals surface area contributed by atoms with E-state index in [1.54, 1.807) is 18.2 Å². The van der Waals surface area contributed by atoms with E-state index in [1.807, 2.05) is 13.0 Å². The van der Waals surface area contributed by atoms with Crippen molar-refractivity contribution in [2.24, 2.45) is 0 Å². The van der Waals surface area contributed by atoms with Gasteiger partial charge in [0.2, 0.25) is 5.91 Å². The molecule has 0 aliphatic heterocycles. The van der Waals surface area contributed by atoms with Gasteiger partial charge >= 0.3 is 0 Å². The second kappa shape index (κ2) is 6.52. The lowest BCUT2D eigenvalue weighted by Crippen LogP contribution is -2.29. The van der Waals surface area contributed by atoms with Gasteiger partial charge < -0.3 is 5.32 Å². The van der Waals surface area contributed by atoms with Crippen molar-refractivity contribution in [3.8, 4) is 0 Å². The maximum absolute atomic E-state index is 12.4. The molecule has 0 saturated heterocycles. The van der Waals surface area contributed by atoms with Crippen molar-refractivity contribution >= 4 is 28.4 Å². The van der Waals surface area contributed by atoms with Crippen LogP contribution in [-0.4, -0.2) is 22.0 Å². The first-order valence-corrected chi connectivity index (χ1v) is 7.02. The summed E-state index contributed by atoms with van der Waals surface area (Å²) in [6, 6.07) is 7.12. The highest BCUT2D eigenvalue weighted by atomic mass is 35.5. The first kappa shape index (κ1) is 14.5. The molecular weight excluding hydrogens is 278 g/mol. The molecule has 0 spiro atoms. The quantitative estimate of drug-likeness (QED) is 0.853. The molecule has 0 radical (unpaired) electrons. The molecule has 0 fully saturated rings. The van der Waals surface area contributed by atoms with Crippen LogP contribution in [-0.2, 0) is 17.2 Å². The van der Waals surface area contributed by atoms with Crippen molar-refractivity contribution in [1.82, 2.24) is 14.9 Å².